The van der Waals surface area contributed by atoms with E-state index >= 15 is 0 Å². The Morgan fingerprint density at radius 1 is 1.26 bits per heavy atom. The number of nitrogens with two attached hydrogens (primary N) is 1. The number of nitrogens with one attached hydrogen (secondary N) is 2. The van der Waals surface area contributed by atoms with E-state index < -0.39 is 5.60 Å². The third kappa shape index (κ3) is 2.59. The lowest BCUT2D eigenvalue weighted by Gasteiger charge is -2.36. The maximum Gasteiger partial charge on any atom is 0.222 e. The number of aliphatic hydroxyl groups is 1. The summed E-state index contributed by atoms with van der Waals surface area (Å²) in [6, 6.07) is 7.79. The first-order chi connectivity index (χ1) is 11.1. The van der Waals surface area contributed by atoms with Crippen LogP contribution in [0.2, 0.25) is 0 Å². The van der Waals surface area contributed by atoms with E-state index in [1.54, 1.807) is 6.20 Å². The molecule has 1 aromatic carbocycles. The molecule has 7 nitrogen and oxygen atoms in total. The lowest BCUT2D eigenvalue weighted by molar-refractivity contribution is -0.0202. The molecule has 0 unspecified atom stereocenters. The first-order valence-corrected chi connectivity index (χ1v) is 7.66. The van der Waals surface area contributed by atoms with Crippen molar-refractivity contribution in [3.05, 3.63) is 30.5 Å². The van der Waals surface area contributed by atoms with Crippen molar-refractivity contribution in [2.24, 2.45) is 0 Å². The predicted molar refractivity (Wildman–Crippen MR) is 88.8 cm³/mol. The van der Waals surface area contributed by atoms with Gasteiger partial charge in [0.15, 0.2) is 0 Å². The van der Waals surface area contributed by atoms with E-state index in [4.69, 9.17) is 5.73 Å². The van der Waals surface area contributed by atoms with E-state index in [1.165, 1.54) is 0 Å². The van der Waals surface area contributed by atoms with Crippen LogP contribution in [-0.4, -0.2) is 37.4 Å². The zero-order chi connectivity index (χ0) is 15.9. The molecule has 3 aromatic rings. The highest BCUT2D eigenvalue weighted by atomic mass is 16.3. The SMILES string of the molecule is Nc1nc(NCC2(O)CCC2)c2ccc(-c3ccn[nH]3)cc2n1. The van der Waals surface area contributed by atoms with Gasteiger partial charge in [-0.25, -0.2) is 4.98 Å². The number of nitrogens with zero attached hydrogens (tertiary/aromatic N) is 3. The summed E-state index contributed by atoms with van der Waals surface area (Å²) in [5.74, 6) is 0.867. The number of H-pyrrole nitrogens is 1. The Morgan fingerprint density at radius 2 is 2.13 bits per heavy atom. The number of benzene rings is 1. The number of hydrogen-bond donors (Lipinski definition) is 4. The molecule has 4 rings (SSSR count). The highest BCUT2D eigenvalue weighted by molar-refractivity contribution is 5.92. The van der Waals surface area contributed by atoms with Crippen molar-refractivity contribution < 1.29 is 5.11 Å². The molecule has 0 spiro atoms. The zero-order valence-electron chi connectivity index (χ0n) is 12.6. The molecular formula is C16H18N6O. The first kappa shape index (κ1) is 14.0. The summed E-state index contributed by atoms with van der Waals surface area (Å²) in [7, 11) is 0. The summed E-state index contributed by atoms with van der Waals surface area (Å²) in [6.07, 6.45) is 4.42. The average molecular weight is 310 g/mol. The Hall–Kier alpha value is -2.67. The van der Waals surface area contributed by atoms with Gasteiger partial charge in [-0.2, -0.15) is 10.1 Å². The molecule has 0 atom stereocenters. The molecule has 0 amide bonds. The van der Waals surface area contributed by atoms with Gasteiger partial charge in [0.25, 0.3) is 0 Å². The third-order valence-corrected chi connectivity index (χ3v) is 4.40. The Labute approximate surface area is 133 Å². The number of hydrogen-bond acceptors (Lipinski definition) is 6. The third-order valence-electron chi connectivity index (χ3n) is 4.40. The van der Waals surface area contributed by atoms with Crippen molar-refractivity contribution >= 4 is 22.7 Å². The van der Waals surface area contributed by atoms with Crippen molar-refractivity contribution in [2.45, 2.75) is 24.9 Å². The minimum Gasteiger partial charge on any atom is -0.388 e. The number of rotatable bonds is 4. The number of aromatic amines is 1. The van der Waals surface area contributed by atoms with Crippen LogP contribution >= 0.6 is 0 Å². The summed E-state index contributed by atoms with van der Waals surface area (Å²) in [6.45, 7) is 0.473. The van der Waals surface area contributed by atoms with Gasteiger partial charge in [-0.15, -0.1) is 0 Å². The molecule has 7 heteroatoms. The average Bonchev–Trinajstić information content (AvgIpc) is 3.04. The lowest BCUT2D eigenvalue weighted by atomic mass is 9.80. The van der Waals surface area contributed by atoms with E-state index in [0.29, 0.717) is 12.4 Å². The molecule has 1 saturated carbocycles. The van der Waals surface area contributed by atoms with Gasteiger partial charge in [-0.05, 0) is 37.5 Å². The molecule has 0 radical (unpaired) electrons. The fraction of sp³-hybridized carbons (Fsp3) is 0.312. The normalized spacial score (nSPS) is 16.2. The number of fused-ring (bicyclic) bond motifs is 1. The van der Waals surface area contributed by atoms with Gasteiger partial charge in [0.05, 0.1) is 16.8 Å². The summed E-state index contributed by atoms with van der Waals surface area (Å²) < 4.78 is 0. The number of nitrogen functional groups attached to an aromatic ring is 1. The van der Waals surface area contributed by atoms with E-state index in [2.05, 4.69) is 25.5 Å². The van der Waals surface area contributed by atoms with E-state index in [1.807, 2.05) is 24.3 Å². The van der Waals surface area contributed by atoms with Crippen molar-refractivity contribution in [1.29, 1.82) is 0 Å². The quantitative estimate of drug-likeness (QED) is 0.585. The summed E-state index contributed by atoms with van der Waals surface area (Å²) >= 11 is 0. The lowest BCUT2D eigenvalue weighted by Crippen LogP contribution is -2.43. The van der Waals surface area contributed by atoms with E-state index in [0.717, 1.165) is 41.4 Å². The molecule has 1 aliphatic carbocycles. The van der Waals surface area contributed by atoms with E-state index in [-0.39, 0.29) is 5.95 Å². The fourth-order valence-electron chi connectivity index (χ4n) is 2.88. The Kier molecular flexibility index (Phi) is 3.16. The van der Waals surface area contributed by atoms with Crippen LogP contribution < -0.4 is 11.1 Å². The van der Waals surface area contributed by atoms with Gasteiger partial charge in [-0.1, -0.05) is 6.07 Å². The number of aromatic nitrogens is 4. The van der Waals surface area contributed by atoms with Crippen LogP contribution in [-0.2, 0) is 0 Å². The highest BCUT2D eigenvalue weighted by Crippen LogP contribution is 2.32. The summed E-state index contributed by atoms with van der Waals surface area (Å²) in [4.78, 5) is 8.59. The second kappa shape index (κ2) is 5.20. The van der Waals surface area contributed by atoms with Crippen LogP contribution in [0.15, 0.2) is 30.5 Å². The van der Waals surface area contributed by atoms with E-state index in [9.17, 15) is 5.11 Å². The van der Waals surface area contributed by atoms with Crippen LogP contribution in [0.1, 0.15) is 19.3 Å². The molecule has 0 saturated heterocycles. The Bertz CT molecular complexity index is 841. The van der Waals surface area contributed by atoms with Crippen LogP contribution in [0, 0.1) is 0 Å². The highest BCUT2D eigenvalue weighted by Gasteiger charge is 2.34. The van der Waals surface area contributed by atoms with Gasteiger partial charge in [0.1, 0.15) is 5.82 Å². The maximum absolute atomic E-state index is 10.2. The molecule has 0 aliphatic heterocycles. The molecule has 118 valence electrons. The summed E-state index contributed by atoms with van der Waals surface area (Å²) in [5.41, 5.74) is 7.87. The maximum atomic E-state index is 10.2. The second-order valence-electron chi connectivity index (χ2n) is 6.06. The summed E-state index contributed by atoms with van der Waals surface area (Å²) in [5, 5.41) is 21.2. The monoisotopic (exact) mass is 310 g/mol. The van der Waals surface area contributed by atoms with Gasteiger partial charge in [0.2, 0.25) is 5.95 Å². The smallest absolute Gasteiger partial charge is 0.222 e. The Morgan fingerprint density at radius 3 is 2.83 bits per heavy atom. The van der Waals surface area contributed by atoms with Gasteiger partial charge >= 0.3 is 0 Å². The molecule has 23 heavy (non-hydrogen) atoms. The van der Waals surface area contributed by atoms with Crippen molar-refractivity contribution in [1.82, 2.24) is 20.2 Å². The van der Waals surface area contributed by atoms with Gasteiger partial charge < -0.3 is 16.2 Å². The van der Waals surface area contributed by atoms with Gasteiger partial charge in [-0.3, -0.25) is 5.10 Å². The van der Waals surface area contributed by atoms with Crippen LogP contribution in [0.5, 0.6) is 0 Å². The number of anilines is 2. The topological polar surface area (TPSA) is 113 Å². The zero-order valence-corrected chi connectivity index (χ0v) is 12.6. The van der Waals surface area contributed by atoms with Crippen LogP contribution in [0.25, 0.3) is 22.2 Å². The standard InChI is InChI=1S/C16H18N6O/c17-15-20-13-8-10(12-4-7-19-22-12)2-3-11(13)14(21-15)18-9-16(23)5-1-6-16/h2-4,7-8,23H,1,5-6,9H2,(H,19,22)(H3,17,18,20,21). The molecule has 1 aliphatic rings. The van der Waals surface area contributed by atoms with Crippen molar-refractivity contribution in [3.8, 4) is 11.3 Å². The molecule has 1 fully saturated rings. The van der Waals surface area contributed by atoms with Crippen molar-refractivity contribution in [3.63, 3.8) is 0 Å². The fourth-order valence-corrected chi connectivity index (χ4v) is 2.88. The van der Waals surface area contributed by atoms with Crippen LogP contribution in [0.3, 0.4) is 0 Å². The minimum absolute atomic E-state index is 0.211. The second-order valence-corrected chi connectivity index (χ2v) is 6.06. The molecule has 2 aromatic heterocycles. The molecular weight excluding hydrogens is 292 g/mol. The minimum atomic E-state index is -0.623. The van der Waals surface area contributed by atoms with Gasteiger partial charge in [0, 0.05) is 23.7 Å². The van der Waals surface area contributed by atoms with Crippen LogP contribution in [0.4, 0.5) is 11.8 Å². The largest absolute Gasteiger partial charge is 0.388 e. The molecule has 5 N–H and O–H groups in total. The predicted octanol–water partition coefficient (Wildman–Crippen LogP) is 1.93. The van der Waals surface area contributed by atoms with Crippen molar-refractivity contribution in [2.75, 3.05) is 17.6 Å². The molecule has 0 bridgehead atoms. The first-order valence-electron chi connectivity index (χ1n) is 7.66. The molecule has 2 heterocycles. The Balaban J connectivity index is 1.70.